The number of amides is 1. The molecule has 1 saturated carbocycles. The maximum absolute atomic E-state index is 12.4. The summed E-state index contributed by atoms with van der Waals surface area (Å²) in [5.74, 6) is 0.0703. The van der Waals surface area contributed by atoms with E-state index in [0.717, 1.165) is 45.7 Å². The zero-order chi connectivity index (χ0) is 17.1. The summed E-state index contributed by atoms with van der Waals surface area (Å²) < 4.78 is 5.77. The second kappa shape index (κ2) is 7.31. The van der Waals surface area contributed by atoms with Gasteiger partial charge in [-0.3, -0.25) is 19.6 Å². The molecule has 3 fully saturated rings. The van der Waals surface area contributed by atoms with Gasteiger partial charge in [0.1, 0.15) is 0 Å². The highest BCUT2D eigenvalue weighted by atomic mass is 16.5. The monoisotopic (exact) mass is 336 g/mol. The Kier molecular flexibility index (Phi) is 5.15. The fourth-order valence-corrected chi connectivity index (χ4v) is 3.50. The fraction of sp³-hybridized carbons (Fsp3) is 0.688. The Balaban J connectivity index is 0.000000383. The van der Waals surface area contributed by atoms with Crippen molar-refractivity contribution in [1.82, 2.24) is 20.0 Å². The van der Waals surface area contributed by atoms with Gasteiger partial charge in [-0.05, 0) is 18.8 Å². The van der Waals surface area contributed by atoms with Crippen molar-refractivity contribution in [3.8, 4) is 0 Å². The second-order valence-electron chi connectivity index (χ2n) is 6.59. The first-order valence-electron chi connectivity index (χ1n) is 8.37. The topological polar surface area (TPSA) is 98.8 Å². The van der Waals surface area contributed by atoms with Crippen LogP contribution in [0.3, 0.4) is 0 Å². The van der Waals surface area contributed by atoms with E-state index in [9.17, 15) is 4.79 Å². The van der Waals surface area contributed by atoms with Crippen molar-refractivity contribution in [2.24, 2.45) is 5.92 Å². The average molecular weight is 336 g/mol. The molecule has 0 unspecified atom stereocenters. The Labute approximate surface area is 140 Å². The van der Waals surface area contributed by atoms with Crippen molar-refractivity contribution in [2.45, 2.75) is 31.8 Å². The number of aromatic nitrogens is 2. The third-order valence-corrected chi connectivity index (χ3v) is 4.75. The summed E-state index contributed by atoms with van der Waals surface area (Å²) in [6.07, 6.45) is 5.95. The lowest BCUT2D eigenvalue weighted by Crippen LogP contribution is -2.63. The van der Waals surface area contributed by atoms with Crippen LogP contribution in [0.15, 0.2) is 12.4 Å². The smallest absolute Gasteiger partial charge is 0.300 e. The number of nitrogens with zero attached hydrogens (tertiary/aromatic N) is 3. The molecule has 8 nitrogen and oxygen atoms in total. The van der Waals surface area contributed by atoms with Gasteiger partial charge in [0.05, 0.1) is 31.0 Å². The van der Waals surface area contributed by atoms with Crippen LogP contribution in [-0.2, 0) is 9.53 Å². The molecule has 1 aromatic heterocycles. The summed E-state index contributed by atoms with van der Waals surface area (Å²) in [6.45, 7) is 5.25. The lowest BCUT2D eigenvalue weighted by Gasteiger charge is -2.48. The molecule has 132 valence electrons. The zero-order valence-electron chi connectivity index (χ0n) is 13.9. The van der Waals surface area contributed by atoms with Crippen molar-refractivity contribution in [2.75, 3.05) is 32.8 Å². The van der Waals surface area contributed by atoms with E-state index in [-0.39, 0.29) is 5.91 Å². The van der Waals surface area contributed by atoms with Gasteiger partial charge in [0.2, 0.25) is 0 Å². The number of aromatic amines is 1. The predicted molar refractivity (Wildman–Crippen MR) is 85.6 cm³/mol. The molecule has 1 aromatic rings. The lowest BCUT2D eigenvalue weighted by molar-refractivity contribution is -0.134. The van der Waals surface area contributed by atoms with Crippen LogP contribution in [-0.4, -0.2) is 81.9 Å². The number of fused-ring (bicyclic) bond motifs is 1. The normalized spacial score (nSPS) is 27.0. The molecule has 1 aliphatic carbocycles. The summed E-state index contributed by atoms with van der Waals surface area (Å²) in [6, 6.07) is 0.943. The Hall–Kier alpha value is -1.93. The van der Waals surface area contributed by atoms with Gasteiger partial charge in [-0.2, -0.15) is 5.10 Å². The highest BCUT2D eigenvalue weighted by Gasteiger charge is 2.43. The number of hydrogen-bond acceptors (Lipinski definition) is 5. The Morgan fingerprint density at radius 3 is 2.71 bits per heavy atom. The van der Waals surface area contributed by atoms with Crippen LogP contribution in [0.2, 0.25) is 0 Å². The molecule has 0 spiro atoms. The minimum atomic E-state index is -0.833. The number of carbonyl (C=O) groups is 2. The molecule has 2 atom stereocenters. The molecule has 2 N–H and O–H groups in total. The van der Waals surface area contributed by atoms with E-state index >= 15 is 0 Å². The predicted octanol–water partition coefficient (Wildman–Crippen LogP) is 0.436. The number of carboxylic acid groups (broad SMARTS) is 1. The van der Waals surface area contributed by atoms with Gasteiger partial charge in [0.15, 0.2) is 0 Å². The van der Waals surface area contributed by atoms with E-state index in [1.807, 2.05) is 4.90 Å². The molecule has 8 heteroatoms. The van der Waals surface area contributed by atoms with E-state index in [2.05, 4.69) is 15.1 Å². The molecule has 0 aromatic carbocycles. The number of morpholine rings is 1. The molecular formula is C16H24N4O4. The molecule has 0 bridgehead atoms. The van der Waals surface area contributed by atoms with Gasteiger partial charge >= 0.3 is 0 Å². The van der Waals surface area contributed by atoms with Crippen molar-refractivity contribution in [1.29, 1.82) is 0 Å². The SMILES string of the molecule is CC(=O)O.O=C(c1cn[nH]c1)N1CCN2[C@@H](COC[C@@H]2C2CC2)C1. The number of nitrogens with one attached hydrogen (secondary N) is 1. The van der Waals surface area contributed by atoms with Crippen LogP contribution in [0.5, 0.6) is 0 Å². The van der Waals surface area contributed by atoms with E-state index in [4.69, 9.17) is 14.6 Å². The van der Waals surface area contributed by atoms with Crippen LogP contribution in [0.25, 0.3) is 0 Å². The molecule has 0 radical (unpaired) electrons. The van der Waals surface area contributed by atoms with Crippen LogP contribution in [0.4, 0.5) is 0 Å². The van der Waals surface area contributed by atoms with Gasteiger partial charge in [-0.25, -0.2) is 0 Å². The standard InChI is InChI=1S/C14H20N4O2.C2H4O2/c19-14(11-5-15-16-6-11)17-3-4-18-12(7-17)8-20-9-13(18)10-1-2-10;1-2(3)4/h5-6,10,12-13H,1-4,7-9H2,(H,15,16);1H3,(H,3,4)/t12-,13-;/m1./s1. The average Bonchev–Trinajstić information content (AvgIpc) is 3.26. The van der Waals surface area contributed by atoms with Crippen LogP contribution in [0, 0.1) is 5.92 Å². The number of carboxylic acids is 1. The Morgan fingerprint density at radius 2 is 2.08 bits per heavy atom. The number of rotatable bonds is 2. The summed E-state index contributed by atoms with van der Waals surface area (Å²) in [7, 11) is 0. The molecule has 3 heterocycles. The number of H-pyrrole nitrogens is 1. The van der Waals surface area contributed by atoms with Gasteiger partial charge < -0.3 is 14.7 Å². The molecular weight excluding hydrogens is 312 g/mol. The number of hydrogen-bond donors (Lipinski definition) is 2. The maximum atomic E-state index is 12.4. The molecule has 3 aliphatic rings. The third-order valence-electron chi connectivity index (χ3n) is 4.75. The minimum Gasteiger partial charge on any atom is -0.481 e. The van der Waals surface area contributed by atoms with Crippen molar-refractivity contribution < 1.29 is 19.4 Å². The number of piperazine rings is 1. The van der Waals surface area contributed by atoms with E-state index in [1.165, 1.54) is 12.8 Å². The van der Waals surface area contributed by atoms with E-state index in [0.29, 0.717) is 17.6 Å². The minimum absolute atomic E-state index is 0.0759. The Bertz CT molecular complexity index is 569. The summed E-state index contributed by atoms with van der Waals surface area (Å²) in [5, 5.41) is 14.0. The first kappa shape index (κ1) is 16.9. The largest absolute Gasteiger partial charge is 0.481 e. The maximum Gasteiger partial charge on any atom is 0.300 e. The lowest BCUT2D eigenvalue weighted by atomic mass is 10.0. The number of ether oxygens (including phenoxy) is 1. The molecule has 2 saturated heterocycles. The highest BCUT2D eigenvalue weighted by molar-refractivity contribution is 5.93. The summed E-state index contributed by atoms with van der Waals surface area (Å²) in [4.78, 5) is 25.9. The van der Waals surface area contributed by atoms with Gasteiger partial charge in [0.25, 0.3) is 11.9 Å². The second-order valence-corrected chi connectivity index (χ2v) is 6.59. The number of aliphatic carboxylic acids is 1. The first-order valence-corrected chi connectivity index (χ1v) is 8.37. The van der Waals surface area contributed by atoms with Gasteiger partial charge in [-0.15, -0.1) is 0 Å². The van der Waals surface area contributed by atoms with Crippen LogP contribution in [0.1, 0.15) is 30.1 Å². The first-order chi connectivity index (χ1) is 11.6. The number of carbonyl (C=O) groups excluding carboxylic acids is 1. The summed E-state index contributed by atoms with van der Waals surface area (Å²) in [5.41, 5.74) is 0.647. The molecule has 24 heavy (non-hydrogen) atoms. The molecule has 1 amide bonds. The zero-order valence-corrected chi connectivity index (χ0v) is 13.9. The van der Waals surface area contributed by atoms with Gasteiger partial charge in [0, 0.05) is 38.8 Å². The molecule has 4 rings (SSSR count). The van der Waals surface area contributed by atoms with Crippen LogP contribution < -0.4 is 0 Å². The molecule has 2 aliphatic heterocycles. The van der Waals surface area contributed by atoms with Gasteiger partial charge in [-0.1, -0.05) is 0 Å². The van der Waals surface area contributed by atoms with Crippen LogP contribution >= 0.6 is 0 Å². The quantitative estimate of drug-likeness (QED) is 0.813. The van der Waals surface area contributed by atoms with E-state index < -0.39 is 5.97 Å². The third kappa shape index (κ3) is 3.93. The van der Waals surface area contributed by atoms with Crippen molar-refractivity contribution in [3.63, 3.8) is 0 Å². The highest BCUT2D eigenvalue weighted by Crippen LogP contribution is 2.38. The van der Waals surface area contributed by atoms with E-state index in [1.54, 1.807) is 12.4 Å². The van der Waals surface area contributed by atoms with Crippen molar-refractivity contribution >= 4 is 11.9 Å². The van der Waals surface area contributed by atoms with Crippen molar-refractivity contribution in [3.05, 3.63) is 18.0 Å². The summed E-state index contributed by atoms with van der Waals surface area (Å²) >= 11 is 0. The fourth-order valence-electron chi connectivity index (χ4n) is 3.50. The Morgan fingerprint density at radius 1 is 1.33 bits per heavy atom.